The number of aromatic nitrogens is 2. The Morgan fingerprint density at radius 1 is 1.00 bits per heavy atom. The Hall–Kier alpha value is -3.29. The molecular formula is C20H18F2N4O2. The Kier molecular flexibility index (Phi) is 4.77. The van der Waals surface area contributed by atoms with Crippen molar-refractivity contribution < 1.29 is 13.6 Å². The molecule has 1 amide bonds. The van der Waals surface area contributed by atoms with Gasteiger partial charge in [-0.3, -0.25) is 14.7 Å². The van der Waals surface area contributed by atoms with E-state index in [2.05, 4.69) is 10.2 Å². The van der Waals surface area contributed by atoms with Crippen molar-refractivity contribution in [1.82, 2.24) is 15.1 Å². The molecule has 0 unspecified atom stereocenters. The molecule has 1 saturated heterocycles. The van der Waals surface area contributed by atoms with Crippen molar-refractivity contribution in [1.29, 1.82) is 0 Å². The summed E-state index contributed by atoms with van der Waals surface area (Å²) in [4.78, 5) is 28.8. The summed E-state index contributed by atoms with van der Waals surface area (Å²) < 4.78 is 27.6. The van der Waals surface area contributed by atoms with E-state index in [4.69, 9.17) is 0 Å². The van der Waals surface area contributed by atoms with E-state index in [-0.39, 0.29) is 17.9 Å². The van der Waals surface area contributed by atoms with E-state index in [1.807, 2.05) is 0 Å². The van der Waals surface area contributed by atoms with Gasteiger partial charge in [-0.25, -0.2) is 8.78 Å². The van der Waals surface area contributed by atoms with Crippen LogP contribution in [0.25, 0.3) is 10.9 Å². The van der Waals surface area contributed by atoms with Crippen LogP contribution in [-0.4, -0.2) is 47.2 Å². The molecule has 0 aliphatic carbocycles. The van der Waals surface area contributed by atoms with Crippen LogP contribution < -0.4 is 10.3 Å². The van der Waals surface area contributed by atoms with Gasteiger partial charge in [-0.2, -0.15) is 5.10 Å². The van der Waals surface area contributed by atoms with Gasteiger partial charge in [0, 0.05) is 31.6 Å². The average molecular weight is 384 g/mol. The molecule has 0 atom stereocenters. The first-order valence-electron chi connectivity index (χ1n) is 9.02. The maximum atomic E-state index is 14.1. The number of nitrogens with one attached hydrogen (secondary N) is 1. The summed E-state index contributed by atoms with van der Waals surface area (Å²) in [7, 11) is 0. The summed E-state index contributed by atoms with van der Waals surface area (Å²) >= 11 is 0. The largest absolute Gasteiger partial charge is 0.367 e. The highest BCUT2D eigenvalue weighted by molar-refractivity contribution is 5.95. The van der Waals surface area contributed by atoms with Crippen LogP contribution in [0.4, 0.5) is 14.5 Å². The molecule has 0 bridgehead atoms. The quantitative estimate of drug-likeness (QED) is 0.737. The SMILES string of the molecule is O=C(c1n[nH]c2ccccc2c1=O)N1CCCN(c2cccc(F)c2F)CC1. The number of H-pyrrole nitrogens is 1. The summed E-state index contributed by atoms with van der Waals surface area (Å²) in [6.07, 6.45) is 0.563. The second-order valence-electron chi connectivity index (χ2n) is 6.65. The van der Waals surface area contributed by atoms with E-state index in [9.17, 15) is 18.4 Å². The third-order valence-corrected chi connectivity index (χ3v) is 4.93. The number of carbonyl (C=O) groups is 1. The van der Waals surface area contributed by atoms with Gasteiger partial charge in [0.05, 0.1) is 11.2 Å². The van der Waals surface area contributed by atoms with Gasteiger partial charge in [0.2, 0.25) is 5.43 Å². The van der Waals surface area contributed by atoms with E-state index in [0.717, 1.165) is 6.07 Å². The van der Waals surface area contributed by atoms with Crippen LogP contribution in [-0.2, 0) is 0 Å². The molecule has 0 radical (unpaired) electrons. The van der Waals surface area contributed by atoms with Crippen molar-refractivity contribution in [3.8, 4) is 0 Å². The van der Waals surface area contributed by atoms with Gasteiger partial charge in [0.1, 0.15) is 0 Å². The zero-order valence-corrected chi connectivity index (χ0v) is 15.0. The maximum absolute atomic E-state index is 14.1. The number of hydrogen-bond donors (Lipinski definition) is 1. The minimum Gasteiger partial charge on any atom is -0.367 e. The molecule has 8 heteroatoms. The Morgan fingerprint density at radius 2 is 1.82 bits per heavy atom. The van der Waals surface area contributed by atoms with E-state index >= 15 is 0 Å². The van der Waals surface area contributed by atoms with E-state index in [1.165, 1.54) is 17.0 Å². The highest BCUT2D eigenvalue weighted by Gasteiger charge is 2.25. The van der Waals surface area contributed by atoms with Gasteiger partial charge in [-0.1, -0.05) is 18.2 Å². The first kappa shape index (κ1) is 18.1. The minimum atomic E-state index is -0.901. The van der Waals surface area contributed by atoms with Crippen LogP contribution in [0.1, 0.15) is 16.9 Å². The molecule has 1 aliphatic rings. The van der Waals surface area contributed by atoms with Crippen LogP contribution in [0.3, 0.4) is 0 Å². The van der Waals surface area contributed by atoms with Gasteiger partial charge < -0.3 is 9.80 Å². The Labute approximate surface area is 159 Å². The van der Waals surface area contributed by atoms with Crippen molar-refractivity contribution in [3.05, 3.63) is 70.0 Å². The molecule has 6 nitrogen and oxygen atoms in total. The molecular weight excluding hydrogens is 366 g/mol. The maximum Gasteiger partial charge on any atom is 0.278 e. The third-order valence-electron chi connectivity index (χ3n) is 4.93. The Morgan fingerprint density at radius 3 is 2.68 bits per heavy atom. The van der Waals surface area contributed by atoms with Crippen LogP contribution >= 0.6 is 0 Å². The molecule has 1 fully saturated rings. The predicted octanol–water partition coefficient (Wildman–Crippen LogP) is 2.55. The molecule has 2 aromatic carbocycles. The van der Waals surface area contributed by atoms with E-state index in [1.54, 1.807) is 29.2 Å². The summed E-state index contributed by atoms with van der Waals surface area (Å²) in [5.41, 5.74) is 0.157. The van der Waals surface area contributed by atoms with Gasteiger partial charge >= 0.3 is 0 Å². The lowest BCUT2D eigenvalue weighted by molar-refractivity contribution is 0.0759. The molecule has 1 aliphatic heterocycles. The molecule has 144 valence electrons. The number of hydrogen-bond acceptors (Lipinski definition) is 4. The number of amides is 1. The molecule has 1 aromatic heterocycles. The van der Waals surface area contributed by atoms with Crippen molar-refractivity contribution in [2.24, 2.45) is 0 Å². The van der Waals surface area contributed by atoms with Gasteiger partial charge in [0.25, 0.3) is 5.91 Å². The second kappa shape index (κ2) is 7.38. The Bertz CT molecular complexity index is 1100. The molecule has 0 saturated carbocycles. The molecule has 4 rings (SSSR count). The third kappa shape index (κ3) is 3.21. The number of fused-ring (bicyclic) bond motifs is 1. The fourth-order valence-corrected chi connectivity index (χ4v) is 3.47. The van der Waals surface area contributed by atoms with Crippen molar-refractivity contribution in [2.75, 3.05) is 31.1 Å². The summed E-state index contributed by atoms with van der Waals surface area (Å²) in [5.74, 6) is -2.26. The number of halogens is 2. The lowest BCUT2D eigenvalue weighted by atomic mass is 10.2. The average Bonchev–Trinajstić information content (AvgIpc) is 2.96. The number of benzene rings is 2. The number of aromatic amines is 1. The summed E-state index contributed by atoms with van der Waals surface area (Å²) in [6, 6.07) is 10.9. The second-order valence-corrected chi connectivity index (χ2v) is 6.65. The number of anilines is 1. The van der Waals surface area contributed by atoms with Crippen LogP contribution in [0.15, 0.2) is 47.3 Å². The smallest absolute Gasteiger partial charge is 0.278 e. The summed E-state index contributed by atoms with van der Waals surface area (Å²) in [6.45, 7) is 1.49. The van der Waals surface area contributed by atoms with Crippen molar-refractivity contribution in [2.45, 2.75) is 6.42 Å². The number of para-hydroxylation sites is 1. The summed E-state index contributed by atoms with van der Waals surface area (Å²) in [5, 5.41) is 7.11. The first-order chi connectivity index (χ1) is 13.6. The normalized spacial score (nSPS) is 14.9. The number of carbonyl (C=O) groups excluding carboxylic acids is 1. The van der Waals surface area contributed by atoms with E-state index in [0.29, 0.717) is 37.0 Å². The van der Waals surface area contributed by atoms with Gasteiger partial charge in [0.15, 0.2) is 17.3 Å². The zero-order valence-electron chi connectivity index (χ0n) is 15.0. The fourth-order valence-electron chi connectivity index (χ4n) is 3.47. The molecule has 28 heavy (non-hydrogen) atoms. The van der Waals surface area contributed by atoms with Crippen molar-refractivity contribution >= 4 is 22.5 Å². The lowest BCUT2D eigenvalue weighted by Gasteiger charge is -2.24. The monoisotopic (exact) mass is 384 g/mol. The highest BCUT2D eigenvalue weighted by atomic mass is 19.2. The molecule has 1 N–H and O–H groups in total. The molecule has 2 heterocycles. The van der Waals surface area contributed by atoms with Crippen molar-refractivity contribution in [3.63, 3.8) is 0 Å². The van der Waals surface area contributed by atoms with Crippen LogP contribution in [0.5, 0.6) is 0 Å². The fraction of sp³-hybridized carbons (Fsp3) is 0.250. The number of nitrogens with zero attached hydrogens (tertiary/aromatic N) is 3. The zero-order chi connectivity index (χ0) is 19.7. The van der Waals surface area contributed by atoms with Gasteiger partial charge in [-0.15, -0.1) is 0 Å². The van der Waals surface area contributed by atoms with Crippen LogP contribution in [0.2, 0.25) is 0 Å². The predicted molar refractivity (Wildman–Crippen MR) is 101 cm³/mol. The molecule has 3 aromatic rings. The number of rotatable bonds is 2. The highest BCUT2D eigenvalue weighted by Crippen LogP contribution is 2.23. The van der Waals surface area contributed by atoms with Gasteiger partial charge in [-0.05, 0) is 30.7 Å². The topological polar surface area (TPSA) is 69.3 Å². The van der Waals surface area contributed by atoms with E-state index < -0.39 is 23.0 Å². The first-order valence-corrected chi connectivity index (χ1v) is 9.02. The lowest BCUT2D eigenvalue weighted by Crippen LogP contribution is -2.38. The molecule has 0 spiro atoms. The Balaban J connectivity index is 1.56. The standard InChI is InChI=1S/C20H18F2N4O2/c21-14-6-3-8-16(17(14)22)25-9-4-10-26(12-11-25)20(28)18-19(27)13-5-1-2-7-15(13)23-24-18/h1-3,5-8H,4,9-12H2,(H,23,27). The minimum absolute atomic E-state index is 0.163. The van der Waals surface area contributed by atoms with Crippen LogP contribution in [0, 0.1) is 11.6 Å².